The fourth-order valence-corrected chi connectivity index (χ4v) is 3.54. The lowest BCUT2D eigenvalue weighted by Crippen LogP contribution is -2.61. The Balaban J connectivity index is 1.55. The van der Waals surface area contributed by atoms with Crippen LogP contribution in [0.1, 0.15) is 24.0 Å². The largest absolute Gasteiger partial charge is 0.284 e. The Hall–Kier alpha value is -3.02. The first-order valence-electron chi connectivity index (χ1n) is 8.27. The molecule has 0 bridgehead atoms. The quantitative estimate of drug-likeness (QED) is 0.888. The van der Waals surface area contributed by atoms with Gasteiger partial charge in [0.1, 0.15) is 12.3 Å². The molecular weight excluding hydrogens is 300 g/mol. The first kappa shape index (κ1) is 13.4. The summed E-state index contributed by atoms with van der Waals surface area (Å²) in [5.74, 6) is 1.88. The zero-order valence-electron chi connectivity index (χ0n) is 13.1. The number of fused-ring (bicyclic) bond motifs is 3. The second kappa shape index (κ2) is 5.26. The smallest absolute Gasteiger partial charge is 0.176 e. The zero-order valence-corrected chi connectivity index (χ0v) is 13.1. The zero-order chi connectivity index (χ0) is 15.9. The van der Waals surface area contributed by atoms with E-state index in [0.29, 0.717) is 0 Å². The maximum atomic E-state index is 4.61. The molecule has 3 aliphatic rings. The summed E-state index contributed by atoms with van der Waals surface area (Å²) in [5.41, 5.74) is 8.77. The molecule has 1 saturated heterocycles. The van der Waals surface area contributed by atoms with Crippen LogP contribution in [0.3, 0.4) is 0 Å². The van der Waals surface area contributed by atoms with Crippen molar-refractivity contribution in [3.8, 4) is 0 Å². The standard InChI is InChI=1S/C18H18N6/c1-3-7-13(8-4-1)17-21-19-15-11-12-16-20-22-18(24(16)23(15)17)14-9-5-2-6-10-14/h1-10,15-16,19-20H,11-12H2. The topological polar surface area (TPSA) is 55.3 Å². The van der Waals surface area contributed by atoms with Crippen LogP contribution in [0.5, 0.6) is 0 Å². The van der Waals surface area contributed by atoms with E-state index in [2.05, 4.69) is 55.3 Å². The summed E-state index contributed by atoms with van der Waals surface area (Å²) in [5, 5.41) is 13.7. The summed E-state index contributed by atoms with van der Waals surface area (Å²) in [7, 11) is 0. The summed E-state index contributed by atoms with van der Waals surface area (Å²) in [6.07, 6.45) is 2.38. The molecular formula is C18H18N6. The maximum Gasteiger partial charge on any atom is 0.176 e. The molecule has 1 fully saturated rings. The van der Waals surface area contributed by atoms with Crippen LogP contribution in [-0.4, -0.2) is 34.0 Å². The van der Waals surface area contributed by atoms with Crippen LogP contribution in [0, 0.1) is 0 Å². The van der Waals surface area contributed by atoms with Crippen molar-refractivity contribution < 1.29 is 0 Å². The molecule has 0 amide bonds. The Morgan fingerprint density at radius 1 is 0.667 bits per heavy atom. The SMILES string of the molecule is c1ccc(C2=NNC3CCC4NN=C(c5ccccc5)N4N23)cc1. The number of hydrogen-bond donors (Lipinski definition) is 2. The molecule has 3 heterocycles. The molecule has 0 radical (unpaired) electrons. The highest BCUT2D eigenvalue weighted by atomic mass is 15.8. The highest BCUT2D eigenvalue weighted by Crippen LogP contribution is 2.31. The molecule has 0 aliphatic carbocycles. The van der Waals surface area contributed by atoms with Crippen LogP contribution in [-0.2, 0) is 0 Å². The average Bonchev–Trinajstić information content (AvgIpc) is 3.27. The van der Waals surface area contributed by atoms with Gasteiger partial charge in [-0.15, -0.1) is 0 Å². The van der Waals surface area contributed by atoms with Crippen LogP contribution >= 0.6 is 0 Å². The Morgan fingerprint density at radius 3 is 1.50 bits per heavy atom. The predicted octanol–water partition coefficient (Wildman–Crippen LogP) is 1.88. The average molecular weight is 318 g/mol. The lowest BCUT2D eigenvalue weighted by Gasteiger charge is -2.43. The summed E-state index contributed by atoms with van der Waals surface area (Å²) in [4.78, 5) is 0. The van der Waals surface area contributed by atoms with Crippen molar-refractivity contribution >= 4 is 11.7 Å². The van der Waals surface area contributed by atoms with Crippen LogP contribution in [0.15, 0.2) is 70.9 Å². The summed E-state index contributed by atoms with van der Waals surface area (Å²) in [6.45, 7) is 0. The van der Waals surface area contributed by atoms with E-state index in [0.717, 1.165) is 35.6 Å². The van der Waals surface area contributed by atoms with E-state index >= 15 is 0 Å². The minimum atomic E-state index is 0.172. The normalized spacial score (nSPS) is 24.5. The van der Waals surface area contributed by atoms with Gasteiger partial charge in [-0.25, -0.2) is 10.0 Å². The molecule has 0 aromatic heterocycles. The third kappa shape index (κ3) is 1.96. The van der Waals surface area contributed by atoms with E-state index in [-0.39, 0.29) is 12.3 Å². The summed E-state index contributed by atoms with van der Waals surface area (Å²) >= 11 is 0. The number of rotatable bonds is 2. The van der Waals surface area contributed by atoms with Crippen molar-refractivity contribution in [2.75, 3.05) is 0 Å². The number of benzene rings is 2. The lowest BCUT2D eigenvalue weighted by atomic mass is 10.1. The van der Waals surface area contributed by atoms with Gasteiger partial charge in [0.2, 0.25) is 0 Å². The van der Waals surface area contributed by atoms with Crippen LogP contribution in [0.4, 0.5) is 0 Å². The van der Waals surface area contributed by atoms with Crippen LogP contribution < -0.4 is 10.9 Å². The number of hydrogen-bond acceptors (Lipinski definition) is 6. The van der Waals surface area contributed by atoms with Crippen molar-refractivity contribution in [3.63, 3.8) is 0 Å². The van der Waals surface area contributed by atoms with Gasteiger partial charge >= 0.3 is 0 Å². The van der Waals surface area contributed by atoms with Gasteiger partial charge in [0.15, 0.2) is 11.7 Å². The second-order valence-electron chi connectivity index (χ2n) is 6.16. The molecule has 3 aliphatic heterocycles. The molecule has 0 spiro atoms. The van der Waals surface area contributed by atoms with Crippen LogP contribution in [0.25, 0.3) is 0 Å². The third-order valence-electron chi connectivity index (χ3n) is 4.67. The number of hydrazone groups is 2. The van der Waals surface area contributed by atoms with E-state index in [4.69, 9.17) is 0 Å². The van der Waals surface area contributed by atoms with Gasteiger partial charge < -0.3 is 0 Å². The fraction of sp³-hybridized carbons (Fsp3) is 0.222. The van der Waals surface area contributed by atoms with Gasteiger partial charge in [0, 0.05) is 11.1 Å². The van der Waals surface area contributed by atoms with Gasteiger partial charge in [-0.1, -0.05) is 60.7 Å². The van der Waals surface area contributed by atoms with Crippen molar-refractivity contribution in [3.05, 3.63) is 71.8 Å². The van der Waals surface area contributed by atoms with Crippen molar-refractivity contribution in [2.45, 2.75) is 25.2 Å². The summed E-state index contributed by atoms with van der Waals surface area (Å²) in [6, 6.07) is 20.6. The van der Waals surface area contributed by atoms with E-state index in [9.17, 15) is 0 Å². The third-order valence-corrected chi connectivity index (χ3v) is 4.67. The van der Waals surface area contributed by atoms with Crippen molar-refractivity contribution in [2.24, 2.45) is 10.2 Å². The van der Waals surface area contributed by atoms with Crippen molar-refractivity contribution in [1.82, 2.24) is 20.9 Å². The minimum Gasteiger partial charge on any atom is -0.284 e. The van der Waals surface area contributed by atoms with E-state index < -0.39 is 0 Å². The van der Waals surface area contributed by atoms with Gasteiger partial charge in [-0.2, -0.15) is 10.2 Å². The molecule has 2 unspecified atom stereocenters. The van der Waals surface area contributed by atoms with Gasteiger partial charge in [-0.05, 0) is 12.8 Å². The van der Waals surface area contributed by atoms with E-state index in [1.165, 1.54) is 0 Å². The van der Waals surface area contributed by atoms with Gasteiger partial charge in [0.25, 0.3) is 0 Å². The molecule has 5 rings (SSSR count). The number of amidine groups is 2. The maximum absolute atomic E-state index is 4.61. The Labute approximate surface area is 140 Å². The van der Waals surface area contributed by atoms with Crippen molar-refractivity contribution in [1.29, 1.82) is 0 Å². The Morgan fingerprint density at radius 2 is 1.08 bits per heavy atom. The monoisotopic (exact) mass is 318 g/mol. The van der Waals surface area contributed by atoms with E-state index in [1.54, 1.807) is 0 Å². The Kier molecular flexibility index (Phi) is 2.94. The first-order chi connectivity index (χ1) is 11.9. The Bertz CT molecular complexity index is 731. The number of nitrogens with one attached hydrogen (secondary N) is 2. The molecule has 24 heavy (non-hydrogen) atoms. The molecule has 2 aromatic rings. The molecule has 2 aromatic carbocycles. The van der Waals surface area contributed by atoms with Gasteiger partial charge in [-0.3, -0.25) is 10.9 Å². The van der Waals surface area contributed by atoms with E-state index in [1.807, 2.05) is 36.4 Å². The second-order valence-corrected chi connectivity index (χ2v) is 6.16. The minimum absolute atomic E-state index is 0.172. The molecule has 2 N–H and O–H groups in total. The molecule has 0 saturated carbocycles. The lowest BCUT2D eigenvalue weighted by molar-refractivity contribution is -0.00337. The molecule has 120 valence electrons. The fourth-order valence-electron chi connectivity index (χ4n) is 3.54. The highest BCUT2D eigenvalue weighted by molar-refractivity contribution is 6.04. The number of nitrogens with zero attached hydrogens (tertiary/aromatic N) is 4. The molecule has 6 heteroatoms. The first-order valence-corrected chi connectivity index (χ1v) is 8.27. The predicted molar refractivity (Wildman–Crippen MR) is 92.7 cm³/mol. The number of hydrazine groups is 1. The summed E-state index contributed by atoms with van der Waals surface area (Å²) < 4.78 is 0. The molecule has 2 atom stereocenters. The van der Waals surface area contributed by atoms with Gasteiger partial charge in [0.05, 0.1) is 0 Å². The van der Waals surface area contributed by atoms with Crippen LogP contribution in [0.2, 0.25) is 0 Å². The highest BCUT2D eigenvalue weighted by Gasteiger charge is 2.45. The molecule has 6 nitrogen and oxygen atoms in total.